The Morgan fingerprint density at radius 3 is 2.86 bits per heavy atom. The van der Waals surface area contributed by atoms with Gasteiger partial charge in [-0.15, -0.1) is 0 Å². The summed E-state index contributed by atoms with van der Waals surface area (Å²) in [5.74, 6) is -1.03. The number of benzene rings is 1. The Kier molecular flexibility index (Phi) is 4.52. The zero-order valence-corrected chi connectivity index (χ0v) is 11.8. The highest BCUT2D eigenvalue weighted by Crippen LogP contribution is 2.33. The molecule has 0 radical (unpaired) electrons. The van der Waals surface area contributed by atoms with Crippen LogP contribution in [-0.2, 0) is 4.79 Å². The SMILES string of the molecule is CCCC1(C(=O)Nc2ccc([N+](=O)[O-])cc2F)CCNC1. The van der Waals surface area contributed by atoms with E-state index >= 15 is 0 Å². The van der Waals surface area contributed by atoms with E-state index < -0.39 is 16.2 Å². The van der Waals surface area contributed by atoms with Crippen LogP contribution in [0.3, 0.4) is 0 Å². The van der Waals surface area contributed by atoms with E-state index in [1.54, 1.807) is 0 Å². The maximum atomic E-state index is 13.8. The lowest BCUT2D eigenvalue weighted by Gasteiger charge is -2.26. The van der Waals surface area contributed by atoms with Gasteiger partial charge in [-0.25, -0.2) is 4.39 Å². The van der Waals surface area contributed by atoms with Crippen LogP contribution in [-0.4, -0.2) is 23.9 Å². The van der Waals surface area contributed by atoms with Crippen LogP contribution in [0, 0.1) is 21.3 Å². The fourth-order valence-corrected chi connectivity index (χ4v) is 2.72. The third-order valence-electron chi connectivity index (χ3n) is 3.87. The van der Waals surface area contributed by atoms with E-state index in [4.69, 9.17) is 0 Å². The van der Waals surface area contributed by atoms with Gasteiger partial charge in [0.1, 0.15) is 0 Å². The Labute approximate surface area is 121 Å². The van der Waals surface area contributed by atoms with Crippen LogP contribution in [0.15, 0.2) is 18.2 Å². The summed E-state index contributed by atoms with van der Waals surface area (Å²) in [6, 6.07) is 3.22. The molecule has 7 heteroatoms. The van der Waals surface area contributed by atoms with Crippen molar-refractivity contribution in [1.29, 1.82) is 0 Å². The summed E-state index contributed by atoms with van der Waals surface area (Å²) in [5, 5.41) is 16.3. The van der Waals surface area contributed by atoms with E-state index in [1.165, 1.54) is 12.1 Å². The molecule has 1 heterocycles. The van der Waals surface area contributed by atoms with Gasteiger partial charge in [0.2, 0.25) is 5.91 Å². The van der Waals surface area contributed by atoms with Crippen molar-refractivity contribution in [2.24, 2.45) is 5.41 Å². The minimum absolute atomic E-state index is 0.0204. The molecule has 1 aromatic carbocycles. The van der Waals surface area contributed by atoms with Crippen molar-refractivity contribution in [3.8, 4) is 0 Å². The first-order valence-electron chi connectivity index (χ1n) is 6.94. The van der Waals surface area contributed by atoms with E-state index in [9.17, 15) is 19.3 Å². The molecule has 1 aliphatic rings. The molecule has 1 fully saturated rings. The maximum absolute atomic E-state index is 13.8. The molecule has 0 aliphatic carbocycles. The van der Waals surface area contributed by atoms with Gasteiger partial charge in [-0.1, -0.05) is 13.3 Å². The number of carbonyl (C=O) groups is 1. The molecular weight excluding hydrogens is 277 g/mol. The largest absolute Gasteiger partial charge is 0.323 e. The van der Waals surface area contributed by atoms with Crippen LogP contribution in [0.2, 0.25) is 0 Å². The van der Waals surface area contributed by atoms with Gasteiger partial charge >= 0.3 is 0 Å². The van der Waals surface area contributed by atoms with Crippen LogP contribution >= 0.6 is 0 Å². The van der Waals surface area contributed by atoms with E-state index in [2.05, 4.69) is 10.6 Å². The quantitative estimate of drug-likeness (QED) is 0.645. The van der Waals surface area contributed by atoms with Gasteiger partial charge in [0, 0.05) is 12.6 Å². The van der Waals surface area contributed by atoms with Gasteiger partial charge in [-0.3, -0.25) is 14.9 Å². The number of nitro groups is 1. The van der Waals surface area contributed by atoms with Crippen LogP contribution in [0.4, 0.5) is 15.8 Å². The summed E-state index contributed by atoms with van der Waals surface area (Å²) >= 11 is 0. The molecule has 1 aromatic rings. The molecule has 1 amide bonds. The lowest BCUT2D eigenvalue weighted by atomic mass is 9.81. The topological polar surface area (TPSA) is 84.3 Å². The molecule has 2 rings (SSSR count). The monoisotopic (exact) mass is 295 g/mol. The predicted molar refractivity (Wildman–Crippen MR) is 76.5 cm³/mol. The number of rotatable bonds is 5. The van der Waals surface area contributed by atoms with E-state index in [0.717, 1.165) is 25.5 Å². The molecule has 2 N–H and O–H groups in total. The number of nitrogens with zero attached hydrogens (tertiary/aromatic N) is 1. The summed E-state index contributed by atoms with van der Waals surface area (Å²) in [5.41, 5.74) is -0.882. The van der Waals surface area contributed by atoms with Crippen LogP contribution < -0.4 is 10.6 Å². The summed E-state index contributed by atoms with van der Waals surface area (Å²) in [4.78, 5) is 22.3. The van der Waals surface area contributed by atoms with Crippen LogP contribution in [0.25, 0.3) is 0 Å². The second-order valence-electron chi connectivity index (χ2n) is 5.33. The van der Waals surface area contributed by atoms with Gasteiger partial charge in [-0.2, -0.15) is 0 Å². The van der Waals surface area contributed by atoms with Gasteiger partial charge in [0.05, 0.1) is 22.1 Å². The van der Waals surface area contributed by atoms with Gasteiger partial charge in [0.25, 0.3) is 5.69 Å². The normalized spacial score (nSPS) is 21.2. The van der Waals surface area contributed by atoms with Crippen molar-refractivity contribution in [3.63, 3.8) is 0 Å². The second-order valence-corrected chi connectivity index (χ2v) is 5.33. The average Bonchev–Trinajstić information content (AvgIpc) is 2.91. The fraction of sp³-hybridized carbons (Fsp3) is 0.500. The lowest BCUT2D eigenvalue weighted by molar-refractivity contribution is -0.385. The third kappa shape index (κ3) is 3.18. The van der Waals surface area contributed by atoms with Crippen molar-refractivity contribution in [2.75, 3.05) is 18.4 Å². The molecule has 21 heavy (non-hydrogen) atoms. The summed E-state index contributed by atoms with van der Waals surface area (Å²) < 4.78 is 13.8. The first-order valence-corrected chi connectivity index (χ1v) is 6.94. The summed E-state index contributed by atoms with van der Waals surface area (Å²) in [7, 11) is 0. The molecule has 1 atom stereocenters. The number of anilines is 1. The Hall–Kier alpha value is -2.02. The number of non-ortho nitro benzene ring substituents is 1. The highest BCUT2D eigenvalue weighted by molar-refractivity contribution is 5.96. The van der Waals surface area contributed by atoms with Gasteiger partial charge in [-0.05, 0) is 25.5 Å². The van der Waals surface area contributed by atoms with E-state index in [0.29, 0.717) is 13.0 Å². The number of hydrogen-bond donors (Lipinski definition) is 2. The standard InChI is InChI=1S/C14H18FN3O3/c1-2-5-14(6-7-16-9-14)13(19)17-12-4-3-10(18(20)21)8-11(12)15/h3-4,8,16H,2,5-7,9H2,1H3,(H,17,19). The number of nitrogens with one attached hydrogen (secondary N) is 2. The molecule has 0 saturated carbocycles. The van der Waals surface area contributed by atoms with Crippen LogP contribution in [0.1, 0.15) is 26.2 Å². The molecule has 1 saturated heterocycles. The van der Waals surface area contributed by atoms with E-state index in [-0.39, 0.29) is 17.3 Å². The number of nitro benzene ring substituents is 1. The molecule has 1 unspecified atom stereocenters. The molecule has 0 aromatic heterocycles. The smallest absolute Gasteiger partial charge is 0.272 e. The molecular formula is C14H18FN3O3. The zero-order chi connectivity index (χ0) is 15.5. The molecule has 6 nitrogen and oxygen atoms in total. The highest BCUT2D eigenvalue weighted by Gasteiger charge is 2.40. The molecule has 1 aliphatic heterocycles. The van der Waals surface area contributed by atoms with Crippen molar-refractivity contribution in [2.45, 2.75) is 26.2 Å². The predicted octanol–water partition coefficient (Wildman–Crippen LogP) is 2.45. The fourth-order valence-electron chi connectivity index (χ4n) is 2.72. The van der Waals surface area contributed by atoms with Gasteiger partial charge < -0.3 is 10.6 Å². The molecule has 114 valence electrons. The van der Waals surface area contributed by atoms with Crippen molar-refractivity contribution < 1.29 is 14.1 Å². The Balaban J connectivity index is 2.17. The zero-order valence-electron chi connectivity index (χ0n) is 11.8. The molecule has 0 spiro atoms. The van der Waals surface area contributed by atoms with Crippen molar-refractivity contribution in [1.82, 2.24) is 5.32 Å². The van der Waals surface area contributed by atoms with Gasteiger partial charge in [0.15, 0.2) is 5.82 Å². The summed E-state index contributed by atoms with van der Waals surface area (Å²) in [6.45, 7) is 3.33. The Bertz CT molecular complexity index is 556. The number of carbonyl (C=O) groups excluding carboxylic acids is 1. The Morgan fingerprint density at radius 2 is 2.33 bits per heavy atom. The highest BCUT2D eigenvalue weighted by atomic mass is 19.1. The van der Waals surface area contributed by atoms with E-state index in [1.807, 2.05) is 6.92 Å². The third-order valence-corrected chi connectivity index (χ3v) is 3.87. The number of amides is 1. The van der Waals surface area contributed by atoms with Crippen molar-refractivity contribution >= 4 is 17.3 Å². The average molecular weight is 295 g/mol. The minimum Gasteiger partial charge on any atom is -0.323 e. The van der Waals surface area contributed by atoms with Crippen molar-refractivity contribution in [3.05, 3.63) is 34.1 Å². The summed E-state index contributed by atoms with van der Waals surface area (Å²) in [6.07, 6.45) is 2.29. The second kappa shape index (κ2) is 6.17. The lowest BCUT2D eigenvalue weighted by Crippen LogP contribution is -2.38. The first-order chi connectivity index (χ1) is 9.98. The number of halogens is 1. The minimum atomic E-state index is -0.796. The Morgan fingerprint density at radius 1 is 1.57 bits per heavy atom. The first kappa shape index (κ1) is 15.4. The molecule has 0 bridgehead atoms. The maximum Gasteiger partial charge on any atom is 0.272 e. The van der Waals surface area contributed by atoms with Crippen LogP contribution in [0.5, 0.6) is 0 Å². The number of hydrogen-bond acceptors (Lipinski definition) is 4.